The Labute approximate surface area is 109 Å². The lowest BCUT2D eigenvalue weighted by Gasteiger charge is -2.08. The predicted octanol–water partition coefficient (Wildman–Crippen LogP) is 2.19. The molecule has 5 nitrogen and oxygen atoms in total. The van der Waals surface area contributed by atoms with Crippen LogP contribution in [0.1, 0.15) is 12.8 Å². The molecule has 94 valence electrons. The Kier molecular flexibility index (Phi) is 3.47. The number of anilines is 1. The largest absolute Gasteiger partial charge is 0.376 e. The third-order valence-corrected chi connectivity index (χ3v) is 3.77. The molecule has 0 spiro atoms. The summed E-state index contributed by atoms with van der Waals surface area (Å²) in [5.74, 6) is 0. The van der Waals surface area contributed by atoms with Gasteiger partial charge in [-0.1, -0.05) is 11.3 Å². The monoisotopic (exact) mass is 262 g/mol. The van der Waals surface area contributed by atoms with E-state index in [1.807, 2.05) is 12.1 Å². The second kappa shape index (κ2) is 5.41. The van der Waals surface area contributed by atoms with E-state index in [1.54, 1.807) is 23.7 Å². The van der Waals surface area contributed by atoms with Gasteiger partial charge < -0.3 is 10.1 Å². The van der Waals surface area contributed by atoms with Gasteiger partial charge in [-0.3, -0.25) is 4.98 Å². The summed E-state index contributed by atoms with van der Waals surface area (Å²) in [5.41, 5.74) is 1.00. The summed E-state index contributed by atoms with van der Waals surface area (Å²) in [6.45, 7) is 1.69. The molecule has 0 aliphatic carbocycles. The molecule has 1 saturated heterocycles. The SMILES string of the molecule is c1cncc(-c2nnc(NCC3CCCO3)s2)c1. The quantitative estimate of drug-likeness (QED) is 0.915. The fourth-order valence-corrected chi connectivity index (χ4v) is 2.65. The highest BCUT2D eigenvalue weighted by Crippen LogP contribution is 2.25. The van der Waals surface area contributed by atoms with Crippen LogP contribution in [0.4, 0.5) is 5.13 Å². The summed E-state index contributed by atoms with van der Waals surface area (Å²) in [5, 5.41) is 13.3. The summed E-state index contributed by atoms with van der Waals surface area (Å²) in [6, 6.07) is 3.88. The summed E-state index contributed by atoms with van der Waals surface area (Å²) in [4.78, 5) is 4.08. The molecule has 1 aliphatic heterocycles. The van der Waals surface area contributed by atoms with Crippen LogP contribution in [0.25, 0.3) is 10.6 Å². The highest BCUT2D eigenvalue weighted by molar-refractivity contribution is 7.18. The molecule has 1 N–H and O–H groups in total. The van der Waals surface area contributed by atoms with Crippen molar-refractivity contribution in [1.82, 2.24) is 15.2 Å². The molecular formula is C12H14N4OS. The van der Waals surface area contributed by atoms with Crippen molar-refractivity contribution in [3.05, 3.63) is 24.5 Å². The fraction of sp³-hybridized carbons (Fsp3) is 0.417. The zero-order chi connectivity index (χ0) is 12.2. The van der Waals surface area contributed by atoms with Gasteiger partial charge in [-0.25, -0.2) is 0 Å². The van der Waals surface area contributed by atoms with E-state index in [1.165, 1.54) is 0 Å². The minimum absolute atomic E-state index is 0.316. The third-order valence-electron chi connectivity index (χ3n) is 2.84. The van der Waals surface area contributed by atoms with Crippen molar-refractivity contribution in [2.24, 2.45) is 0 Å². The van der Waals surface area contributed by atoms with Crippen molar-refractivity contribution in [3.8, 4) is 10.6 Å². The van der Waals surface area contributed by atoms with Crippen LogP contribution in [-0.2, 0) is 4.74 Å². The number of ether oxygens (including phenoxy) is 1. The highest BCUT2D eigenvalue weighted by Gasteiger charge is 2.15. The lowest BCUT2D eigenvalue weighted by Crippen LogP contribution is -2.18. The van der Waals surface area contributed by atoms with E-state index in [0.717, 1.165) is 41.7 Å². The summed E-state index contributed by atoms with van der Waals surface area (Å²) >= 11 is 1.54. The van der Waals surface area contributed by atoms with Crippen molar-refractivity contribution in [1.29, 1.82) is 0 Å². The Hall–Kier alpha value is -1.53. The molecule has 1 aliphatic rings. The first-order valence-corrected chi connectivity index (χ1v) is 6.83. The minimum atomic E-state index is 0.316. The van der Waals surface area contributed by atoms with Gasteiger partial charge in [-0.15, -0.1) is 10.2 Å². The van der Waals surface area contributed by atoms with Crippen LogP contribution >= 0.6 is 11.3 Å². The summed E-state index contributed by atoms with van der Waals surface area (Å²) in [6.07, 6.45) is 6.15. The molecule has 0 radical (unpaired) electrons. The van der Waals surface area contributed by atoms with Gasteiger partial charge in [0.15, 0.2) is 5.01 Å². The molecule has 18 heavy (non-hydrogen) atoms. The molecule has 2 aromatic rings. The Morgan fingerprint density at radius 1 is 1.44 bits per heavy atom. The molecule has 3 rings (SSSR count). The average Bonchev–Trinajstić information content (AvgIpc) is 3.09. The van der Waals surface area contributed by atoms with Crippen molar-refractivity contribution in [2.45, 2.75) is 18.9 Å². The van der Waals surface area contributed by atoms with Gasteiger partial charge in [-0.05, 0) is 25.0 Å². The second-order valence-electron chi connectivity index (χ2n) is 4.17. The van der Waals surface area contributed by atoms with Crippen LogP contribution in [0.5, 0.6) is 0 Å². The number of rotatable bonds is 4. The van der Waals surface area contributed by atoms with Gasteiger partial charge in [0.05, 0.1) is 6.10 Å². The zero-order valence-corrected chi connectivity index (χ0v) is 10.7. The molecule has 3 heterocycles. The normalized spacial score (nSPS) is 19.0. The van der Waals surface area contributed by atoms with E-state index in [0.29, 0.717) is 6.10 Å². The Bertz CT molecular complexity index is 496. The summed E-state index contributed by atoms with van der Waals surface area (Å²) < 4.78 is 5.55. The van der Waals surface area contributed by atoms with Crippen LogP contribution < -0.4 is 5.32 Å². The Morgan fingerprint density at radius 2 is 2.44 bits per heavy atom. The van der Waals surface area contributed by atoms with Crippen molar-refractivity contribution in [3.63, 3.8) is 0 Å². The van der Waals surface area contributed by atoms with Gasteiger partial charge in [-0.2, -0.15) is 0 Å². The topological polar surface area (TPSA) is 59.9 Å². The lowest BCUT2D eigenvalue weighted by molar-refractivity contribution is 0.120. The molecule has 1 fully saturated rings. The van der Waals surface area contributed by atoms with Crippen molar-refractivity contribution in [2.75, 3.05) is 18.5 Å². The van der Waals surface area contributed by atoms with E-state index in [2.05, 4.69) is 20.5 Å². The van der Waals surface area contributed by atoms with Crippen molar-refractivity contribution >= 4 is 16.5 Å². The third kappa shape index (κ3) is 2.65. The van der Waals surface area contributed by atoms with Crippen LogP contribution in [0.15, 0.2) is 24.5 Å². The van der Waals surface area contributed by atoms with Gasteiger partial charge in [0.25, 0.3) is 0 Å². The molecule has 0 bridgehead atoms. The molecule has 0 saturated carbocycles. The first-order chi connectivity index (χ1) is 8.92. The number of nitrogens with one attached hydrogen (secondary N) is 1. The maximum atomic E-state index is 5.55. The van der Waals surface area contributed by atoms with E-state index in [-0.39, 0.29) is 0 Å². The van der Waals surface area contributed by atoms with Crippen LogP contribution in [0.3, 0.4) is 0 Å². The van der Waals surface area contributed by atoms with E-state index in [4.69, 9.17) is 4.74 Å². The van der Waals surface area contributed by atoms with Gasteiger partial charge in [0.2, 0.25) is 5.13 Å². The number of pyridine rings is 1. The predicted molar refractivity (Wildman–Crippen MR) is 70.6 cm³/mol. The van der Waals surface area contributed by atoms with Gasteiger partial charge >= 0.3 is 0 Å². The minimum Gasteiger partial charge on any atom is -0.376 e. The molecule has 0 aromatic carbocycles. The maximum Gasteiger partial charge on any atom is 0.206 e. The molecular weight excluding hydrogens is 248 g/mol. The van der Waals surface area contributed by atoms with E-state index in [9.17, 15) is 0 Å². The van der Waals surface area contributed by atoms with Crippen LogP contribution in [-0.4, -0.2) is 34.4 Å². The maximum absolute atomic E-state index is 5.55. The lowest BCUT2D eigenvalue weighted by atomic mass is 10.2. The van der Waals surface area contributed by atoms with Crippen LogP contribution in [0, 0.1) is 0 Å². The molecule has 2 aromatic heterocycles. The number of hydrogen-bond acceptors (Lipinski definition) is 6. The Morgan fingerprint density at radius 3 is 3.22 bits per heavy atom. The average molecular weight is 262 g/mol. The van der Waals surface area contributed by atoms with Gasteiger partial charge in [0, 0.05) is 31.1 Å². The van der Waals surface area contributed by atoms with Gasteiger partial charge in [0.1, 0.15) is 0 Å². The van der Waals surface area contributed by atoms with E-state index < -0.39 is 0 Å². The zero-order valence-electron chi connectivity index (χ0n) is 9.87. The van der Waals surface area contributed by atoms with E-state index >= 15 is 0 Å². The van der Waals surface area contributed by atoms with Crippen LogP contribution in [0.2, 0.25) is 0 Å². The second-order valence-corrected chi connectivity index (χ2v) is 5.15. The first-order valence-electron chi connectivity index (χ1n) is 6.01. The van der Waals surface area contributed by atoms with Crippen molar-refractivity contribution < 1.29 is 4.74 Å². The molecule has 6 heteroatoms. The number of hydrogen-bond donors (Lipinski definition) is 1. The number of aromatic nitrogens is 3. The smallest absolute Gasteiger partial charge is 0.206 e. The highest BCUT2D eigenvalue weighted by atomic mass is 32.1. The summed E-state index contributed by atoms with van der Waals surface area (Å²) in [7, 11) is 0. The standard InChI is InChI=1S/C12H14N4OS/c1-3-9(7-13-5-1)11-15-16-12(18-11)14-8-10-4-2-6-17-10/h1,3,5,7,10H,2,4,6,8H2,(H,14,16). The molecule has 1 atom stereocenters. The Balaban J connectivity index is 1.63. The fourth-order valence-electron chi connectivity index (χ4n) is 1.91. The first kappa shape index (κ1) is 11.6. The number of nitrogens with zero attached hydrogens (tertiary/aromatic N) is 3. The molecule has 1 unspecified atom stereocenters. The molecule has 0 amide bonds.